The van der Waals surface area contributed by atoms with E-state index in [0.717, 1.165) is 45.0 Å². The summed E-state index contributed by atoms with van der Waals surface area (Å²) >= 11 is 1.69. The molecule has 0 aliphatic carbocycles. The van der Waals surface area contributed by atoms with E-state index < -0.39 is 0 Å². The first kappa shape index (κ1) is 18.3. The fraction of sp³-hybridized carbons (Fsp3) is 0.611. The normalized spacial score (nSPS) is 19.7. The standard InChI is InChI=1S/C18H28N2O2S/c1-15(23-14-16-6-4-3-5-7-16)18(21)19-12-17-8-9-20(13-17)10-11-22-2/h3-7,15,17H,8-14H2,1-2H3,(H,19,21)/t15-,17-/m1/s1. The van der Waals surface area contributed by atoms with E-state index in [0.29, 0.717) is 5.92 Å². The van der Waals surface area contributed by atoms with Crippen molar-refractivity contribution < 1.29 is 9.53 Å². The molecule has 0 unspecified atom stereocenters. The lowest BCUT2D eigenvalue weighted by Crippen LogP contribution is -2.36. The van der Waals surface area contributed by atoms with Gasteiger partial charge in [0.1, 0.15) is 0 Å². The Morgan fingerprint density at radius 3 is 2.96 bits per heavy atom. The lowest BCUT2D eigenvalue weighted by Gasteiger charge is -2.17. The Bertz CT molecular complexity index is 469. The van der Waals surface area contributed by atoms with Gasteiger partial charge in [-0.3, -0.25) is 4.79 Å². The van der Waals surface area contributed by atoms with E-state index in [-0.39, 0.29) is 11.2 Å². The Balaban J connectivity index is 1.62. The number of amides is 1. The van der Waals surface area contributed by atoms with Crippen LogP contribution in [0.2, 0.25) is 0 Å². The minimum absolute atomic E-state index is 0.0128. The van der Waals surface area contributed by atoms with Crippen LogP contribution in [0.1, 0.15) is 18.9 Å². The maximum atomic E-state index is 12.2. The molecule has 0 spiro atoms. The molecule has 1 aromatic rings. The Hall–Kier alpha value is -1.04. The molecule has 1 N–H and O–H groups in total. The molecule has 1 fully saturated rings. The highest BCUT2D eigenvalue weighted by Crippen LogP contribution is 2.18. The van der Waals surface area contributed by atoms with Crippen molar-refractivity contribution >= 4 is 17.7 Å². The van der Waals surface area contributed by atoms with E-state index in [1.807, 2.05) is 25.1 Å². The first-order chi connectivity index (χ1) is 11.2. The largest absolute Gasteiger partial charge is 0.383 e. The second kappa shape index (κ2) is 9.96. The summed E-state index contributed by atoms with van der Waals surface area (Å²) in [7, 11) is 1.74. The van der Waals surface area contributed by atoms with Gasteiger partial charge < -0.3 is 15.0 Å². The molecule has 0 aromatic heterocycles. The summed E-state index contributed by atoms with van der Waals surface area (Å²) in [5.74, 6) is 1.60. The molecule has 23 heavy (non-hydrogen) atoms. The average molecular weight is 337 g/mol. The highest BCUT2D eigenvalue weighted by atomic mass is 32.2. The zero-order valence-corrected chi connectivity index (χ0v) is 15.0. The molecular formula is C18H28N2O2S. The summed E-state index contributed by atoms with van der Waals surface area (Å²) < 4.78 is 5.12. The number of carbonyl (C=O) groups excluding carboxylic acids is 1. The van der Waals surface area contributed by atoms with Crippen molar-refractivity contribution in [3.63, 3.8) is 0 Å². The van der Waals surface area contributed by atoms with Crippen molar-refractivity contribution in [2.75, 3.05) is 39.9 Å². The monoisotopic (exact) mass is 336 g/mol. The van der Waals surface area contributed by atoms with Crippen molar-refractivity contribution in [1.82, 2.24) is 10.2 Å². The van der Waals surface area contributed by atoms with Gasteiger partial charge in [-0.15, -0.1) is 11.8 Å². The molecule has 1 aromatic carbocycles. The van der Waals surface area contributed by atoms with Gasteiger partial charge in [-0.05, 0) is 31.4 Å². The van der Waals surface area contributed by atoms with Crippen molar-refractivity contribution in [2.24, 2.45) is 5.92 Å². The van der Waals surface area contributed by atoms with E-state index >= 15 is 0 Å². The van der Waals surface area contributed by atoms with Crippen LogP contribution in [0.15, 0.2) is 30.3 Å². The highest BCUT2D eigenvalue weighted by molar-refractivity contribution is 7.99. The van der Waals surface area contributed by atoms with E-state index in [4.69, 9.17) is 4.74 Å². The lowest BCUT2D eigenvalue weighted by molar-refractivity contribution is -0.120. The van der Waals surface area contributed by atoms with Crippen LogP contribution in [0.25, 0.3) is 0 Å². The summed E-state index contributed by atoms with van der Waals surface area (Å²) in [5, 5.41) is 3.11. The molecule has 1 amide bonds. The second-order valence-electron chi connectivity index (χ2n) is 6.13. The zero-order valence-electron chi connectivity index (χ0n) is 14.2. The number of carbonyl (C=O) groups is 1. The van der Waals surface area contributed by atoms with Gasteiger partial charge in [0.25, 0.3) is 0 Å². The molecule has 1 aliphatic rings. The van der Waals surface area contributed by atoms with Crippen molar-refractivity contribution in [3.8, 4) is 0 Å². The quantitative estimate of drug-likeness (QED) is 0.752. The number of hydrogen-bond acceptors (Lipinski definition) is 4. The number of ether oxygens (including phenoxy) is 1. The third-order valence-corrected chi connectivity index (χ3v) is 5.47. The van der Waals surface area contributed by atoms with E-state index in [1.54, 1.807) is 18.9 Å². The molecule has 1 heterocycles. The van der Waals surface area contributed by atoms with Crippen molar-refractivity contribution in [2.45, 2.75) is 24.3 Å². The number of nitrogens with zero attached hydrogens (tertiary/aromatic N) is 1. The smallest absolute Gasteiger partial charge is 0.232 e. The summed E-state index contributed by atoms with van der Waals surface area (Å²) in [4.78, 5) is 14.6. The number of hydrogen-bond donors (Lipinski definition) is 1. The Morgan fingerprint density at radius 1 is 1.43 bits per heavy atom. The molecule has 0 saturated carbocycles. The van der Waals surface area contributed by atoms with Gasteiger partial charge in [0.05, 0.1) is 11.9 Å². The van der Waals surface area contributed by atoms with Gasteiger partial charge in [-0.2, -0.15) is 0 Å². The van der Waals surface area contributed by atoms with Crippen LogP contribution in [0.4, 0.5) is 0 Å². The molecule has 0 bridgehead atoms. The van der Waals surface area contributed by atoms with Gasteiger partial charge >= 0.3 is 0 Å². The first-order valence-corrected chi connectivity index (χ1v) is 9.38. The Kier molecular flexibility index (Phi) is 7.92. The topological polar surface area (TPSA) is 41.6 Å². The third kappa shape index (κ3) is 6.53. The molecule has 1 aliphatic heterocycles. The maximum Gasteiger partial charge on any atom is 0.232 e. The minimum atomic E-state index is -0.0128. The SMILES string of the molecule is COCCN1CC[C@H](CNC(=O)[C@@H](C)SCc2ccccc2)C1. The first-order valence-electron chi connectivity index (χ1n) is 8.33. The highest BCUT2D eigenvalue weighted by Gasteiger charge is 2.23. The van der Waals surface area contributed by atoms with Gasteiger partial charge in [-0.1, -0.05) is 30.3 Å². The molecule has 2 atom stereocenters. The molecule has 2 rings (SSSR count). The van der Waals surface area contributed by atoms with Gasteiger partial charge in [0, 0.05) is 32.5 Å². The number of likely N-dealkylation sites (tertiary alicyclic amines) is 1. The van der Waals surface area contributed by atoms with Crippen LogP contribution < -0.4 is 5.32 Å². The predicted octanol–water partition coefficient (Wildman–Crippen LogP) is 2.39. The number of benzene rings is 1. The summed E-state index contributed by atoms with van der Waals surface area (Å²) in [6, 6.07) is 10.3. The zero-order chi connectivity index (χ0) is 16.5. The van der Waals surface area contributed by atoms with E-state index in [1.165, 1.54) is 5.56 Å². The molecule has 5 heteroatoms. The van der Waals surface area contributed by atoms with Crippen molar-refractivity contribution in [1.29, 1.82) is 0 Å². The van der Waals surface area contributed by atoms with Crippen LogP contribution >= 0.6 is 11.8 Å². The summed E-state index contributed by atoms with van der Waals surface area (Å²) in [5.41, 5.74) is 1.27. The fourth-order valence-corrected chi connectivity index (χ4v) is 3.63. The second-order valence-corrected chi connectivity index (χ2v) is 7.46. The predicted molar refractivity (Wildman–Crippen MR) is 96.6 cm³/mol. The van der Waals surface area contributed by atoms with Crippen LogP contribution in [0, 0.1) is 5.92 Å². The lowest BCUT2D eigenvalue weighted by atomic mass is 10.1. The van der Waals surface area contributed by atoms with Crippen molar-refractivity contribution in [3.05, 3.63) is 35.9 Å². The van der Waals surface area contributed by atoms with Crippen LogP contribution in [0.5, 0.6) is 0 Å². The molecule has 4 nitrogen and oxygen atoms in total. The average Bonchev–Trinajstić information content (AvgIpc) is 3.04. The van der Waals surface area contributed by atoms with Gasteiger partial charge in [0.2, 0.25) is 5.91 Å². The summed E-state index contributed by atoms with van der Waals surface area (Å²) in [6.07, 6.45) is 1.16. The number of methoxy groups -OCH3 is 1. The molecule has 1 saturated heterocycles. The number of nitrogens with one attached hydrogen (secondary N) is 1. The summed E-state index contributed by atoms with van der Waals surface area (Å²) in [6.45, 7) is 6.73. The minimum Gasteiger partial charge on any atom is -0.383 e. The molecular weight excluding hydrogens is 308 g/mol. The van der Waals surface area contributed by atoms with E-state index in [9.17, 15) is 4.79 Å². The third-order valence-electron chi connectivity index (χ3n) is 4.26. The Labute approximate surface area is 144 Å². The van der Waals surface area contributed by atoms with Crippen LogP contribution in [-0.2, 0) is 15.3 Å². The van der Waals surface area contributed by atoms with Crippen LogP contribution in [0.3, 0.4) is 0 Å². The molecule has 128 valence electrons. The fourth-order valence-electron chi connectivity index (χ4n) is 2.76. The van der Waals surface area contributed by atoms with E-state index in [2.05, 4.69) is 22.3 Å². The van der Waals surface area contributed by atoms with Crippen LogP contribution in [-0.4, -0.2) is 56.0 Å². The number of rotatable bonds is 9. The van der Waals surface area contributed by atoms with Gasteiger partial charge in [0.15, 0.2) is 0 Å². The Morgan fingerprint density at radius 2 is 2.22 bits per heavy atom. The number of thioether (sulfide) groups is 1. The maximum absolute atomic E-state index is 12.2. The van der Waals surface area contributed by atoms with Gasteiger partial charge in [-0.25, -0.2) is 0 Å². The molecule has 0 radical (unpaired) electrons.